The summed E-state index contributed by atoms with van der Waals surface area (Å²) in [5, 5.41) is 0. The summed E-state index contributed by atoms with van der Waals surface area (Å²) in [4.78, 5) is -0.248. The standard InChI is InChI=1S/C6H8N2O3S/c7-4-1-2-5(8)6(3-4)12(9,10)11/h1-3H,7-8H2,(H,9,10,11)/p+1. The summed E-state index contributed by atoms with van der Waals surface area (Å²) in [5.41, 5.74) is 9.26. The van der Waals surface area contributed by atoms with Crippen molar-refractivity contribution in [3.8, 4) is 0 Å². The average molecular weight is 189 g/mol. The van der Waals surface area contributed by atoms with Gasteiger partial charge in [-0.2, -0.15) is 8.42 Å². The van der Waals surface area contributed by atoms with Gasteiger partial charge in [0, 0.05) is 11.8 Å². The van der Waals surface area contributed by atoms with Gasteiger partial charge in [0.15, 0.2) is 4.90 Å². The third kappa shape index (κ3) is 1.73. The van der Waals surface area contributed by atoms with Gasteiger partial charge in [-0.25, -0.2) is 0 Å². The number of anilines is 1. The average Bonchev–Trinajstić information content (AvgIpc) is 1.92. The Hall–Kier alpha value is -1.11. The minimum absolute atomic E-state index is 0.228. The summed E-state index contributed by atoms with van der Waals surface area (Å²) < 4.78 is 30.0. The van der Waals surface area contributed by atoms with E-state index in [1.807, 2.05) is 0 Å². The highest BCUT2D eigenvalue weighted by Crippen LogP contribution is 2.18. The first-order valence-corrected chi connectivity index (χ1v) is 4.54. The van der Waals surface area contributed by atoms with Crippen molar-refractivity contribution in [1.29, 1.82) is 0 Å². The zero-order valence-electron chi connectivity index (χ0n) is 6.19. The van der Waals surface area contributed by atoms with Crippen molar-refractivity contribution >= 4 is 21.5 Å². The van der Waals surface area contributed by atoms with E-state index in [2.05, 4.69) is 5.73 Å². The van der Waals surface area contributed by atoms with Gasteiger partial charge in [-0.05, 0) is 12.1 Å². The van der Waals surface area contributed by atoms with Gasteiger partial charge < -0.3 is 11.5 Å². The summed E-state index contributed by atoms with van der Waals surface area (Å²) in [6, 6.07) is 4.10. The van der Waals surface area contributed by atoms with E-state index in [1.165, 1.54) is 12.1 Å². The molecule has 1 aromatic carbocycles. The fourth-order valence-corrected chi connectivity index (χ4v) is 1.50. The predicted octanol–water partition coefficient (Wildman–Crippen LogP) is -0.611. The van der Waals surface area contributed by atoms with Crippen molar-refractivity contribution in [2.24, 2.45) is 0 Å². The van der Waals surface area contributed by atoms with Crippen molar-refractivity contribution in [2.45, 2.75) is 4.90 Å². The van der Waals surface area contributed by atoms with Crippen LogP contribution in [0.5, 0.6) is 0 Å². The third-order valence-corrected chi connectivity index (χ3v) is 2.30. The lowest BCUT2D eigenvalue weighted by Gasteiger charge is -1.99. The Kier molecular flexibility index (Phi) is 2.05. The van der Waals surface area contributed by atoms with Gasteiger partial charge >= 0.3 is 10.1 Å². The smallest absolute Gasteiger partial charge is 0.300 e. The van der Waals surface area contributed by atoms with Crippen LogP contribution in [0.25, 0.3) is 0 Å². The minimum atomic E-state index is -4.20. The van der Waals surface area contributed by atoms with Gasteiger partial charge in [-0.3, -0.25) is 4.55 Å². The van der Waals surface area contributed by atoms with E-state index < -0.39 is 10.1 Å². The van der Waals surface area contributed by atoms with E-state index in [4.69, 9.17) is 10.3 Å². The lowest BCUT2D eigenvalue weighted by atomic mass is 10.3. The summed E-state index contributed by atoms with van der Waals surface area (Å²) in [6.07, 6.45) is 0. The lowest BCUT2D eigenvalue weighted by molar-refractivity contribution is -0.258. The summed E-state index contributed by atoms with van der Waals surface area (Å²) >= 11 is 0. The molecule has 0 amide bonds. The van der Waals surface area contributed by atoms with Crippen molar-refractivity contribution in [3.05, 3.63) is 18.2 Å². The number of rotatable bonds is 1. The van der Waals surface area contributed by atoms with E-state index in [0.29, 0.717) is 0 Å². The Morgan fingerprint density at radius 1 is 1.42 bits per heavy atom. The lowest BCUT2D eigenvalue weighted by Crippen LogP contribution is -2.41. The molecule has 1 rings (SSSR count). The molecular formula is C6H9N2O3S+. The first-order chi connectivity index (χ1) is 5.41. The van der Waals surface area contributed by atoms with Crippen LogP contribution in [0.1, 0.15) is 0 Å². The zero-order chi connectivity index (χ0) is 9.35. The molecule has 0 aliphatic carbocycles. The van der Waals surface area contributed by atoms with Crippen LogP contribution in [-0.4, -0.2) is 13.0 Å². The SMILES string of the molecule is Nc1ccc([NH3+])c(S(=O)(=O)O)c1. The number of hydrogen-bond acceptors (Lipinski definition) is 3. The first-order valence-electron chi connectivity index (χ1n) is 3.10. The Labute approximate surface area is 69.7 Å². The highest BCUT2D eigenvalue weighted by atomic mass is 32.2. The van der Waals surface area contributed by atoms with Gasteiger partial charge in [0.25, 0.3) is 0 Å². The number of nitrogens with two attached hydrogens (primary N) is 1. The third-order valence-electron chi connectivity index (χ3n) is 1.37. The molecule has 12 heavy (non-hydrogen) atoms. The molecule has 0 spiro atoms. The highest BCUT2D eigenvalue weighted by molar-refractivity contribution is 7.86. The number of benzene rings is 1. The van der Waals surface area contributed by atoms with Crippen LogP contribution in [0.15, 0.2) is 23.1 Å². The van der Waals surface area contributed by atoms with E-state index >= 15 is 0 Å². The molecule has 0 aliphatic rings. The molecule has 0 atom stereocenters. The molecule has 0 heterocycles. The van der Waals surface area contributed by atoms with E-state index in [-0.39, 0.29) is 16.3 Å². The Morgan fingerprint density at radius 3 is 2.42 bits per heavy atom. The van der Waals surface area contributed by atoms with Crippen LogP contribution in [0.2, 0.25) is 0 Å². The van der Waals surface area contributed by atoms with Crippen LogP contribution in [-0.2, 0) is 10.1 Å². The molecule has 0 aromatic heterocycles. The second-order valence-corrected chi connectivity index (χ2v) is 3.73. The predicted molar refractivity (Wildman–Crippen MR) is 43.2 cm³/mol. The Bertz CT molecular complexity index is 399. The molecule has 0 saturated heterocycles. The molecule has 6 heteroatoms. The van der Waals surface area contributed by atoms with Gasteiger partial charge in [0.05, 0.1) is 0 Å². The molecule has 0 unspecified atom stereocenters. The maximum Gasteiger partial charge on any atom is 0.300 e. The monoisotopic (exact) mass is 189 g/mol. The van der Waals surface area contributed by atoms with Crippen LogP contribution in [0, 0.1) is 0 Å². The maximum atomic E-state index is 10.7. The molecule has 0 radical (unpaired) electrons. The summed E-state index contributed by atoms with van der Waals surface area (Å²) in [6.45, 7) is 0. The summed E-state index contributed by atoms with van der Waals surface area (Å²) in [7, 11) is -4.20. The molecule has 0 aliphatic heterocycles. The first kappa shape index (κ1) is 8.98. The molecule has 0 fully saturated rings. The van der Waals surface area contributed by atoms with Crippen molar-refractivity contribution in [2.75, 3.05) is 5.73 Å². The highest BCUT2D eigenvalue weighted by Gasteiger charge is 2.15. The Balaban J connectivity index is 3.43. The van der Waals surface area contributed by atoms with Gasteiger partial charge in [0.1, 0.15) is 5.69 Å². The molecule has 0 bridgehead atoms. The quantitative estimate of drug-likeness (QED) is 0.404. The van der Waals surface area contributed by atoms with E-state index in [0.717, 1.165) is 6.07 Å². The van der Waals surface area contributed by atoms with E-state index in [9.17, 15) is 8.42 Å². The van der Waals surface area contributed by atoms with E-state index in [1.54, 1.807) is 0 Å². The molecule has 5 nitrogen and oxygen atoms in total. The number of nitrogen functional groups attached to an aromatic ring is 1. The molecule has 1 aromatic rings. The van der Waals surface area contributed by atoms with Gasteiger partial charge in [-0.15, -0.1) is 0 Å². The number of hydrogen-bond donors (Lipinski definition) is 3. The largest absolute Gasteiger partial charge is 0.399 e. The topological polar surface area (TPSA) is 108 Å². The Morgan fingerprint density at radius 2 is 2.00 bits per heavy atom. The van der Waals surface area contributed by atoms with Crippen LogP contribution < -0.4 is 11.5 Å². The summed E-state index contributed by atoms with van der Waals surface area (Å²) in [5.74, 6) is 0. The van der Waals surface area contributed by atoms with Crippen molar-refractivity contribution in [1.82, 2.24) is 0 Å². The van der Waals surface area contributed by atoms with Crippen LogP contribution >= 0.6 is 0 Å². The molecule has 6 N–H and O–H groups in total. The normalized spacial score (nSPS) is 11.5. The van der Waals surface area contributed by atoms with Crippen molar-refractivity contribution in [3.63, 3.8) is 0 Å². The van der Waals surface area contributed by atoms with Crippen molar-refractivity contribution < 1.29 is 18.7 Å². The molecule has 0 saturated carbocycles. The zero-order valence-corrected chi connectivity index (χ0v) is 7.00. The minimum Gasteiger partial charge on any atom is -0.399 e. The van der Waals surface area contributed by atoms with Crippen LogP contribution in [0.4, 0.5) is 11.4 Å². The fourth-order valence-electron chi connectivity index (χ4n) is 0.811. The second kappa shape index (κ2) is 2.74. The van der Waals surface area contributed by atoms with Crippen LogP contribution in [0.3, 0.4) is 0 Å². The maximum absolute atomic E-state index is 10.7. The van der Waals surface area contributed by atoms with Gasteiger partial charge in [0.2, 0.25) is 0 Å². The second-order valence-electron chi connectivity index (χ2n) is 2.34. The number of quaternary nitrogens is 1. The van der Waals surface area contributed by atoms with Gasteiger partial charge in [-0.1, -0.05) is 0 Å². The molecular weight excluding hydrogens is 180 g/mol. The fraction of sp³-hybridized carbons (Fsp3) is 0. The molecule has 66 valence electrons.